The van der Waals surface area contributed by atoms with Crippen LogP contribution in [-0.2, 0) is 0 Å². The number of nitrogens with two attached hydrogens (primary N) is 1. The van der Waals surface area contributed by atoms with Crippen molar-refractivity contribution in [2.45, 2.75) is 13.8 Å². The second-order valence-electron chi connectivity index (χ2n) is 2.48. The minimum Gasteiger partial charge on any atom is -0.394 e. The van der Waals surface area contributed by atoms with Gasteiger partial charge in [-0.05, 0) is 13.8 Å². The topological polar surface area (TPSA) is 88.8 Å². The highest BCUT2D eigenvalue weighted by atomic mass is 16.1. The molecule has 0 unspecified atom stereocenters. The SMILES string of the molecule is CC(=O)c1c(C)n[nH]c(=O)c1N. The minimum atomic E-state index is -0.522. The molecule has 12 heavy (non-hydrogen) atoms. The average Bonchev–Trinajstić information content (AvgIpc) is 1.97. The molecule has 0 atom stereocenters. The molecular weight excluding hydrogens is 158 g/mol. The monoisotopic (exact) mass is 167 g/mol. The Kier molecular flexibility index (Phi) is 1.95. The van der Waals surface area contributed by atoms with Crippen LogP contribution in [0.2, 0.25) is 0 Å². The fourth-order valence-corrected chi connectivity index (χ4v) is 1.00. The molecule has 5 nitrogen and oxygen atoms in total. The normalized spacial score (nSPS) is 9.83. The molecule has 1 rings (SSSR count). The lowest BCUT2D eigenvalue weighted by atomic mass is 10.1. The Labute approximate surface area is 68.6 Å². The summed E-state index contributed by atoms with van der Waals surface area (Å²) in [5.74, 6) is -0.247. The molecule has 0 saturated heterocycles. The lowest BCUT2D eigenvalue weighted by Gasteiger charge is -2.01. The first-order valence-electron chi connectivity index (χ1n) is 3.39. The van der Waals surface area contributed by atoms with Gasteiger partial charge in [0, 0.05) is 0 Å². The van der Waals surface area contributed by atoms with Crippen molar-refractivity contribution in [1.29, 1.82) is 0 Å². The molecule has 0 bridgehead atoms. The van der Waals surface area contributed by atoms with Crippen LogP contribution < -0.4 is 11.3 Å². The first-order valence-corrected chi connectivity index (χ1v) is 3.39. The van der Waals surface area contributed by atoms with Crippen LogP contribution in [0, 0.1) is 6.92 Å². The number of Topliss-reactive ketones (excluding diaryl/α,β-unsaturated/α-hetero) is 1. The first-order chi connectivity index (χ1) is 5.54. The van der Waals surface area contributed by atoms with Crippen molar-refractivity contribution in [3.05, 3.63) is 21.6 Å². The van der Waals surface area contributed by atoms with Crippen LogP contribution in [0.25, 0.3) is 0 Å². The third-order valence-electron chi connectivity index (χ3n) is 1.55. The van der Waals surface area contributed by atoms with Crippen molar-refractivity contribution in [2.24, 2.45) is 0 Å². The molecule has 0 aromatic carbocycles. The number of carbonyl (C=O) groups is 1. The van der Waals surface area contributed by atoms with E-state index in [1.165, 1.54) is 6.92 Å². The fourth-order valence-electron chi connectivity index (χ4n) is 1.00. The molecule has 0 fully saturated rings. The Morgan fingerprint density at radius 1 is 1.58 bits per heavy atom. The number of anilines is 1. The van der Waals surface area contributed by atoms with Gasteiger partial charge in [0.2, 0.25) is 0 Å². The van der Waals surface area contributed by atoms with E-state index in [1.54, 1.807) is 6.92 Å². The largest absolute Gasteiger partial charge is 0.394 e. The van der Waals surface area contributed by atoms with Crippen LogP contribution in [0.1, 0.15) is 23.0 Å². The molecule has 3 N–H and O–H groups in total. The van der Waals surface area contributed by atoms with Gasteiger partial charge in [0.05, 0.1) is 11.3 Å². The molecule has 64 valence electrons. The van der Waals surface area contributed by atoms with Gasteiger partial charge in [-0.2, -0.15) is 5.10 Å². The van der Waals surface area contributed by atoms with Crippen LogP contribution in [-0.4, -0.2) is 16.0 Å². The summed E-state index contributed by atoms with van der Waals surface area (Å²) in [4.78, 5) is 21.9. The number of ketones is 1. The maximum atomic E-state index is 11.0. The van der Waals surface area contributed by atoms with Gasteiger partial charge in [-0.25, -0.2) is 5.10 Å². The molecule has 0 amide bonds. The Hall–Kier alpha value is -1.65. The zero-order valence-electron chi connectivity index (χ0n) is 6.84. The highest BCUT2D eigenvalue weighted by molar-refractivity contribution is 5.99. The summed E-state index contributed by atoms with van der Waals surface area (Å²) < 4.78 is 0. The van der Waals surface area contributed by atoms with E-state index < -0.39 is 5.56 Å². The summed E-state index contributed by atoms with van der Waals surface area (Å²) in [6.45, 7) is 2.96. The van der Waals surface area contributed by atoms with Gasteiger partial charge in [-0.15, -0.1) is 0 Å². The molecule has 0 aliphatic heterocycles. The van der Waals surface area contributed by atoms with E-state index in [1.807, 2.05) is 0 Å². The van der Waals surface area contributed by atoms with Gasteiger partial charge in [-0.1, -0.05) is 0 Å². The molecule has 0 saturated carbocycles. The lowest BCUT2D eigenvalue weighted by Crippen LogP contribution is -2.19. The van der Waals surface area contributed by atoms with Gasteiger partial charge in [0.1, 0.15) is 5.69 Å². The third kappa shape index (κ3) is 1.20. The number of nitrogens with zero attached hydrogens (tertiary/aromatic N) is 1. The Balaban J connectivity index is 3.54. The summed E-state index contributed by atoms with van der Waals surface area (Å²) in [6.07, 6.45) is 0. The molecule has 0 radical (unpaired) electrons. The second kappa shape index (κ2) is 2.77. The van der Waals surface area contributed by atoms with Crippen LogP contribution in [0.3, 0.4) is 0 Å². The molecular formula is C7H9N3O2. The Morgan fingerprint density at radius 2 is 2.17 bits per heavy atom. The second-order valence-corrected chi connectivity index (χ2v) is 2.48. The number of H-pyrrole nitrogens is 1. The minimum absolute atomic E-state index is 0.0602. The molecule has 5 heteroatoms. The number of hydrogen-bond acceptors (Lipinski definition) is 4. The van der Waals surface area contributed by atoms with Crippen LogP contribution in [0.4, 0.5) is 5.69 Å². The van der Waals surface area contributed by atoms with Crippen LogP contribution >= 0.6 is 0 Å². The number of hydrogen-bond donors (Lipinski definition) is 2. The predicted molar refractivity (Wildman–Crippen MR) is 44.0 cm³/mol. The molecule has 0 aliphatic rings. The number of aryl methyl sites for hydroxylation is 1. The quantitative estimate of drug-likeness (QED) is 0.570. The predicted octanol–water partition coefficient (Wildman–Crippen LogP) is -0.137. The number of aromatic amines is 1. The fraction of sp³-hybridized carbons (Fsp3) is 0.286. The zero-order valence-corrected chi connectivity index (χ0v) is 6.84. The van der Waals surface area contributed by atoms with Crippen molar-refractivity contribution in [1.82, 2.24) is 10.2 Å². The molecule has 0 aliphatic carbocycles. The highest BCUT2D eigenvalue weighted by Gasteiger charge is 2.11. The Morgan fingerprint density at radius 3 is 2.58 bits per heavy atom. The molecule has 0 spiro atoms. The maximum absolute atomic E-state index is 11.0. The van der Waals surface area contributed by atoms with Crippen molar-refractivity contribution in [2.75, 3.05) is 5.73 Å². The summed E-state index contributed by atoms with van der Waals surface area (Å²) in [7, 11) is 0. The average molecular weight is 167 g/mol. The number of aromatic nitrogens is 2. The van der Waals surface area contributed by atoms with Crippen LogP contribution in [0.5, 0.6) is 0 Å². The summed E-state index contributed by atoms with van der Waals surface area (Å²) in [5.41, 5.74) is 5.45. The van der Waals surface area contributed by atoms with E-state index in [9.17, 15) is 9.59 Å². The van der Waals surface area contributed by atoms with E-state index in [-0.39, 0.29) is 17.0 Å². The van der Waals surface area contributed by atoms with Crippen molar-refractivity contribution >= 4 is 11.5 Å². The zero-order chi connectivity index (χ0) is 9.30. The number of carbonyl (C=O) groups excluding carboxylic acids is 1. The van der Waals surface area contributed by atoms with Crippen LogP contribution in [0.15, 0.2) is 4.79 Å². The van der Waals surface area contributed by atoms with Gasteiger partial charge in [0.25, 0.3) is 5.56 Å². The lowest BCUT2D eigenvalue weighted by molar-refractivity contribution is 0.101. The van der Waals surface area contributed by atoms with Gasteiger partial charge < -0.3 is 5.73 Å². The number of nitrogen functional groups attached to an aromatic ring is 1. The summed E-state index contributed by atoms with van der Waals surface area (Å²) >= 11 is 0. The summed E-state index contributed by atoms with van der Waals surface area (Å²) in [6, 6.07) is 0. The molecule has 1 aromatic rings. The third-order valence-corrected chi connectivity index (χ3v) is 1.55. The van der Waals surface area contributed by atoms with Gasteiger partial charge in [0.15, 0.2) is 5.78 Å². The smallest absolute Gasteiger partial charge is 0.288 e. The molecule has 1 heterocycles. The van der Waals surface area contributed by atoms with Crippen molar-refractivity contribution < 1.29 is 4.79 Å². The summed E-state index contributed by atoms with van der Waals surface area (Å²) in [5, 5.41) is 5.80. The maximum Gasteiger partial charge on any atom is 0.288 e. The Bertz CT molecular complexity index is 381. The molecule has 1 aromatic heterocycles. The van der Waals surface area contributed by atoms with Gasteiger partial charge >= 0.3 is 0 Å². The van der Waals surface area contributed by atoms with Crippen molar-refractivity contribution in [3.8, 4) is 0 Å². The van der Waals surface area contributed by atoms with Crippen molar-refractivity contribution in [3.63, 3.8) is 0 Å². The van der Waals surface area contributed by atoms with E-state index in [0.717, 1.165) is 0 Å². The standard InChI is InChI=1S/C7H9N3O2/c1-3-5(4(2)11)6(8)7(12)10-9-3/h1-2H3,(H2,8,9)(H,10,12). The highest BCUT2D eigenvalue weighted by Crippen LogP contribution is 2.08. The van der Waals surface area contributed by atoms with E-state index in [4.69, 9.17) is 5.73 Å². The first kappa shape index (κ1) is 8.45. The number of rotatable bonds is 1. The number of nitrogens with one attached hydrogen (secondary N) is 1. The van der Waals surface area contributed by atoms with E-state index in [2.05, 4.69) is 10.2 Å². The van der Waals surface area contributed by atoms with E-state index in [0.29, 0.717) is 5.69 Å². The van der Waals surface area contributed by atoms with E-state index >= 15 is 0 Å². The van der Waals surface area contributed by atoms with Gasteiger partial charge in [-0.3, -0.25) is 9.59 Å².